The lowest BCUT2D eigenvalue weighted by Crippen LogP contribution is -2.33. The molecular weight excluding hydrogens is 386 g/mol. The average Bonchev–Trinajstić information content (AvgIpc) is 3.36. The molecule has 0 radical (unpaired) electrons. The summed E-state index contributed by atoms with van der Waals surface area (Å²) in [5, 5.41) is 0.610. The molecule has 1 aromatic carbocycles. The number of benzene rings is 1. The van der Waals surface area contributed by atoms with Gasteiger partial charge in [-0.25, -0.2) is 10.4 Å². The fourth-order valence-electron chi connectivity index (χ4n) is 4.61. The number of hydrazine groups is 1. The Hall–Kier alpha value is -2.41. The Morgan fingerprint density at radius 3 is 2.72 bits per heavy atom. The average molecular weight is 410 g/mol. The van der Waals surface area contributed by atoms with E-state index >= 15 is 0 Å². The molecule has 2 aromatic heterocycles. The van der Waals surface area contributed by atoms with Crippen LogP contribution in [0.15, 0.2) is 42.5 Å². The maximum Gasteiger partial charge on any atom is 0.259 e. The number of carbonyl (C=O) groups is 1. The summed E-state index contributed by atoms with van der Waals surface area (Å²) < 4.78 is 0. The number of amides is 1. The summed E-state index contributed by atoms with van der Waals surface area (Å²) in [6.07, 6.45) is 5.06. The second kappa shape index (κ2) is 7.44. The molecule has 0 bridgehead atoms. The van der Waals surface area contributed by atoms with Crippen LogP contribution in [0.5, 0.6) is 0 Å². The molecule has 1 saturated carbocycles. The molecule has 3 heterocycles. The van der Waals surface area contributed by atoms with Gasteiger partial charge < -0.3 is 4.98 Å². The predicted molar refractivity (Wildman–Crippen MR) is 115 cm³/mol. The van der Waals surface area contributed by atoms with Crippen molar-refractivity contribution in [1.82, 2.24) is 20.8 Å². The zero-order valence-electron chi connectivity index (χ0n) is 16.3. The zero-order valence-corrected chi connectivity index (χ0v) is 17.0. The second-order valence-electron chi connectivity index (χ2n) is 8.02. The molecule has 3 unspecified atom stereocenters. The highest BCUT2D eigenvalue weighted by molar-refractivity contribution is 6.30. The molecule has 5 rings (SSSR count). The lowest BCUT2D eigenvalue weighted by atomic mass is 9.81. The van der Waals surface area contributed by atoms with Crippen LogP contribution in [0.2, 0.25) is 5.02 Å². The van der Waals surface area contributed by atoms with Crippen LogP contribution in [0.3, 0.4) is 0 Å². The molecule has 150 valence electrons. The maximum atomic E-state index is 12.8. The summed E-state index contributed by atoms with van der Waals surface area (Å²) in [6.45, 7) is 0. The van der Waals surface area contributed by atoms with E-state index in [0.717, 1.165) is 16.7 Å². The topological polar surface area (TPSA) is 73.1 Å². The molecule has 1 aliphatic heterocycles. The first-order chi connectivity index (χ1) is 14.1. The first-order valence-corrected chi connectivity index (χ1v) is 10.5. The molecule has 29 heavy (non-hydrogen) atoms. The SMILES string of the molecule is CN(C(=O)c1ccc(Cl)cc1)c1ccc2[nH]c(C3NNC4CCCCC43)cc2n1. The molecule has 3 N–H and O–H groups in total. The van der Waals surface area contributed by atoms with Crippen molar-refractivity contribution in [1.29, 1.82) is 0 Å². The molecule has 2 aliphatic rings. The van der Waals surface area contributed by atoms with Crippen LogP contribution in [0.1, 0.15) is 47.8 Å². The van der Waals surface area contributed by atoms with Crippen molar-refractivity contribution in [2.24, 2.45) is 5.92 Å². The van der Waals surface area contributed by atoms with Gasteiger partial charge in [0.2, 0.25) is 0 Å². The third-order valence-corrected chi connectivity index (χ3v) is 6.48. The summed E-state index contributed by atoms with van der Waals surface area (Å²) in [5.41, 5.74) is 10.5. The van der Waals surface area contributed by atoms with E-state index in [4.69, 9.17) is 16.6 Å². The summed E-state index contributed by atoms with van der Waals surface area (Å²) in [5.74, 6) is 1.11. The van der Waals surface area contributed by atoms with Crippen molar-refractivity contribution in [2.45, 2.75) is 37.8 Å². The summed E-state index contributed by atoms with van der Waals surface area (Å²) in [7, 11) is 1.74. The highest BCUT2D eigenvalue weighted by Gasteiger charge is 2.38. The highest BCUT2D eigenvalue weighted by atomic mass is 35.5. The van der Waals surface area contributed by atoms with Crippen molar-refractivity contribution >= 4 is 34.4 Å². The minimum Gasteiger partial charge on any atom is -0.356 e. The number of anilines is 1. The Labute approximate surface area is 174 Å². The Morgan fingerprint density at radius 2 is 1.90 bits per heavy atom. The van der Waals surface area contributed by atoms with Crippen LogP contribution in [0.25, 0.3) is 11.0 Å². The van der Waals surface area contributed by atoms with Gasteiger partial charge in [0.05, 0.1) is 17.1 Å². The van der Waals surface area contributed by atoms with Gasteiger partial charge in [0.25, 0.3) is 5.91 Å². The van der Waals surface area contributed by atoms with E-state index in [9.17, 15) is 4.79 Å². The van der Waals surface area contributed by atoms with Crippen molar-refractivity contribution in [2.75, 3.05) is 11.9 Å². The lowest BCUT2D eigenvalue weighted by molar-refractivity contribution is 0.0992. The maximum absolute atomic E-state index is 12.8. The fraction of sp³-hybridized carbons (Fsp3) is 0.364. The number of halogens is 1. The van der Waals surface area contributed by atoms with Gasteiger partial charge in [0, 0.05) is 29.4 Å². The number of rotatable bonds is 3. The summed E-state index contributed by atoms with van der Waals surface area (Å²) in [4.78, 5) is 22.6. The van der Waals surface area contributed by atoms with Gasteiger partial charge in [-0.3, -0.25) is 15.1 Å². The van der Waals surface area contributed by atoms with Crippen molar-refractivity contribution in [3.05, 3.63) is 58.7 Å². The van der Waals surface area contributed by atoms with Gasteiger partial charge in [0.1, 0.15) is 5.82 Å². The normalized spacial score (nSPS) is 23.9. The Morgan fingerprint density at radius 1 is 1.10 bits per heavy atom. The first kappa shape index (κ1) is 18.6. The predicted octanol–water partition coefficient (Wildman–Crippen LogP) is 4.20. The summed E-state index contributed by atoms with van der Waals surface area (Å²) in [6, 6.07) is 13.7. The van der Waals surface area contributed by atoms with E-state index in [1.807, 2.05) is 12.1 Å². The molecule has 1 aliphatic carbocycles. The summed E-state index contributed by atoms with van der Waals surface area (Å²) >= 11 is 5.93. The van der Waals surface area contributed by atoms with Crippen LogP contribution >= 0.6 is 11.6 Å². The molecule has 2 fully saturated rings. The van der Waals surface area contributed by atoms with Crippen molar-refractivity contribution < 1.29 is 4.79 Å². The third kappa shape index (κ3) is 3.41. The Kier molecular flexibility index (Phi) is 4.78. The molecule has 1 saturated heterocycles. The van der Waals surface area contributed by atoms with E-state index in [2.05, 4.69) is 21.9 Å². The van der Waals surface area contributed by atoms with Crippen LogP contribution in [-0.4, -0.2) is 29.0 Å². The van der Waals surface area contributed by atoms with E-state index in [1.165, 1.54) is 25.7 Å². The highest BCUT2D eigenvalue weighted by Crippen LogP contribution is 2.38. The second-order valence-corrected chi connectivity index (χ2v) is 8.46. The number of hydrogen-bond donors (Lipinski definition) is 3. The van der Waals surface area contributed by atoms with Gasteiger partial charge in [0.15, 0.2) is 0 Å². The minimum absolute atomic E-state index is 0.115. The number of H-pyrrole nitrogens is 1. The minimum atomic E-state index is -0.115. The number of nitrogens with zero attached hydrogens (tertiary/aromatic N) is 2. The van der Waals surface area contributed by atoms with Crippen molar-refractivity contribution in [3.8, 4) is 0 Å². The number of aromatic amines is 1. The van der Waals surface area contributed by atoms with E-state index in [1.54, 1.807) is 36.2 Å². The van der Waals surface area contributed by atoms with Crippen LogP contribution in [-0.2, 0) is 0 Å². The van der Waals surface area contributed by atoms with E-state index in [-0.39, 0.29) is 11.9 Å². The largest absolute Gasteiger partial charge is 0.356 e. The van der Waals surface area contributed by atoms with E-state index in [0.29, 0.717) is 28.4 Å². The lowest BCUT2D eigenvalue weighted by Gasteiger charge is -2.26. The molecule has 3 aromatic rings. The monoisotopic (exact) mass is 409 g/mol. The number of carbonyl (C=O) groups excluding carboxylic acids is 1. The van der Waals surface area contributed by atoms with Gasteiger partial charge >= 0.3 is 0 Å². The van der Waals surface area contributed by atoms with Gasteiger partial charge in [-0.1, -0.05) is 24.4 Å². The zero-order chi connectivity index (χ0) is 20.0. The smallest absolute Gasteiger partial charge is 0.259 e. The molecular formula is C22H24ClN5O. The number of pyridine rings is 1. The fourth-order valence-corrected chi connectivity index (χ4v) is 4.74. The Bertz CT molecular complexity index is 1050. The molecule has 0 spiro atoms. The van der Waals surface area contributed by atoms with Crippen LogP contribution < -0.4 is 15.8 Å². The van der Waals surface area contributed by atoms with Crippen LogP contribution in [0, 0.1) is 5.92 Å². The van der Waals surface area contributed by atoms with Gasteiger partial charge in [-0.2, -0.15) is 0 Å². The number of hydrogen-bond acceptors (Lipinski definition) is 4. The van der Waals surface area contributed by atoms with Gasteiger partial charge in [-0.15, -0.1) is 0 Å². The number of fused-ring (bicyclic) bond motifs is 2. The van der Waals surface area contributed by atoms with Crippen molar-refractivity contribution in [3.63, 3.8) is 0 Å². The van der Waals surface area contributed by atoms with Crippen LogP contribution in [0.4, 0.5) is 5.82 Å². The van der Waals surface area contributed by atoms with E-state index < -0.39 is 0 Å². The third-order valence-electron chi connectivity index (χ3n) is 6.23. The Balaban J connectivity index is 1.40. The molecule has 7 heteroatoms. The van der Waals surface area contributed by atoms with Gasteiger partial charge in [-0.05, 0) is 61.2 Å². The molecule has 6 nitrogen and oxygen atoms in total. The number of aromatic nitrogens is 2. The first-order valence-electron chi connectivity index (χ1n) is 10.1. The standard InChI is InChI=1S/C22H24ClN5O/c1-28(22(29)13-6-8-14(23)9-7-13)20-11-10-17-18(25-20)12-19(24-17)21-15-4-2-3-5-16(15)26-27-21/h6-12,15-16,21,24,26-27H,2-5H2,1H3. The molecule has 3 atom stereocenters. The molecule has 1 amide bonds. The number of nitrogens with one attached hydrogen (secondary N) is 3. The quantitative estimate of drug-likeness (QED) is 0.606.